The molecular weight excluding hydrogens is 250 g/mol. The van der Waals surface area contributed by atoms with Crippen LogP contribution in [0.5, 0.6) is 0 Å². The highest BCUT2D eigenvalue weighted by molar-refractivity contribution is 5.46. The van der Waals surface area contributed by atoms with Gasteiger partial charge < -0.3 is 15.4 Å². The molecule has 20 heavy (non-hydrogen) atoms. The van der Waals surface area contributed by atoms with Crippen LogP contribution in [0.1, 0.15) is 52.8 Å². The van der Waals surface area contributed by atoms with Gasteiger partial charge in [0.05, 0.1) is 28.8 Å². The van der Waals surface area contributed by atoms with Crippen molar-refractivity contribution in [3.63, 3.8) is 0 Å². The van der Waals surface area contributed by atoms with E-state index in [4.69, 9.17) is 10.5 Å². The third kappa shape index (κ3) is 3.49. The fraction of sp³-hybridized carbons (Fsp3) is 0.688. The lowest BCUT2D eigenvalue weighted by molar-refractivity contribution is -0.133. The summed E-state index contributed by atoms with van der Waals surface area (Å²) in [7, 11) is 0. The van der Waals surface area contributed by atoms with Crippen molar-refractivity contribution in [2.24, 2.45) is 5.73 Å². The zero-order chi connectivity index (χ0) is 15.0. The Labute approximate surface area is 122 Å². The third-order valence-corrected chi connectivity index (χ3v) is 3.65. The zero-order valence-corrected chi connectivity index (χ0v) is 13.3. The molecule has 1 aliphatic rings. The Morgan fingerprint density at radius 1 is 1.25 bits per heavy atom. The minimum atomic E-state index is -0.153. The third-order valence-electron chi connectivity index (χ3n) is 3.65. The molecule has 0 aromatic carbocycles. The zero-order valence-electron chi connectivity index (χ0n) is 13.3. The number of rotatable bonds is 3. The molecule has 2 N–H and O–H groups in total. The van der Waals surface area contributed by atoms with E-state index in [1.807, 2.05) is 12.3 Å². The van der Waals surface area contributed by atoms with Crippen LogP contribution in [0.2, 0.25) is 0 Å². The van der Waals surface area contributed by atoms with Crippen molar-refractivity contribution in [2.45, 2.75) is 58.3 Å². The molecule has 1 saturated heterocycles. The van der Waals surface area contributed by atoms with Gasteiger partial charge in [-0.25, -0.2) is 0 Å². The van der Waals surface area contributed by atoms with E-state index in [2.05, 4.69) is 50.6 Å². The predicted octanol–water partition coefficient (Wildman–Crippen LogP) is 2.89. The van der Waals surface area contributed by atoms with Crippen LogP contribution in [0, 0.1) is 0 Å². The highest BCUT2D eigenvalue weighted by Gasteiger charge is 2.38. The van der Waals surface area contributed by atoms with E-state index in [1.54, 1.807) is 0 Å². The van der Waals surface area contributed by atoms with Gasteiger partial charge in [-0.05, 0) is 46.2 Å². The molecule has 2 rings (SSSR count). The molecule has 4 heteroatoms. The highest BCUT2D eigenvalue weighted by atomic mass is 16.5. The summed E-state index contributed by atoms with van der Waals surface area (Å²) < 4.78 is 6.11. The number of hydrogen-bond acceptors (Lipinski definition) is 4. The Hall–Kier alpha value is -1.13. The number of ether oxygens (including phenoxy) is 1. The predicted molar refractivity (Wildman–Crippen MR) is 82.9 cm³/mol. The first-order valence-corrected chi connectivity index (χ1v) is 7.39. The van der Waals surface area contributed by atoms with E-state index in [0.717, 1.165) is 30.9 Å². The Morgan fingerprint density at radius 3 is 2.30 bits per heavy atom. The first-order chi connectivity index (χ1) is 9.22. The normalized spacial score (nSPS) is 22.6. The molecule has 2 heterocycles. The Bertz CT molecular complexity index is 437. The molecule has 1 aromatic heterocycles. The molecule has 112 valence electrons. The van der Waals surface area contributed by atoms with Gasteiger partial charge in [0, 0.05) is 19.1 Å². The van der Waals surface area contributed by atoms with E-state index in [9.17, 15) is 0 Å². The first kappa shape index (κ1) is 15.3. The smallest absolute Gasteiger partial charge is 0.0808 e. The molecule has 1 aliphatic heterocycles. The average molecular weight is 277 g/mol. The van der Waals surface area contributed by atoms with Crippen LogP contribution >= 0.6 is 0 Å². The summed E-state index contributed by atoms with van der Waals surface area (Å²) in [4.78, 5) is 6.86. The van der Waals surface area contributed by atoms with Crippen molar-refractivity contribution in [1.29, 1.82) is 0 Å². The SMILES string of the molecule is CC[C@@H](N)c1ccc(N2CC(C)(C)OC(C)(C)C2)cn1. The molecule has 0 saturated carbocycles. The number of pyridine rings is 1. The summed E-state index contributed by atoms with van der Waals surface area (Å²) in [6, 6.07) is 4.19. The Kier molecular flexibility index (Phi) is 4.07. The standard InChI is InChI=1S/C16H27N3O/c1-6-13(17)14-8-7-12(9-18-14)19-10-15(2,3)20-16(4,5)11-19/h7-9,13H,6,10-11,17H2,1-5H3/t13-/m1/s1. The van der Waals surface area contributed by atoms with Crippen molar-refractivity contribution in [1.82, 2.24) is 4.98 Å². The van der Waals surface area contributed by atoms with Crippen LogP contribution in [0.15, 0.2) is 18.3 Å². The largest absolute Gasteiger partial charge is 0.366 e. The van der Waals surface area contributed by atoms with Gasteiger partial charge >= 0.3 is 0 Å². The number of nitrogens with two attached hydrogens (primary N) is 1. The van der Waals surface area contributed by atoms with Crippen LogP contribution in [0.25, 0.3) is 0 Å². The lowest BCUT2D eigenvalue weighted by Gasteiger charge is -2.48. The maximum Gasteiger partial charge on any atom is 0.0808 e. The van der Waals surface area contributed by atoms with Gasteiger partial charge in [0.1, 0.15) is 0 Å². The van der Waals surface area contributed by atoms with Crippen LogP contribution in [-0.2, 0) is 4.74 Å². The fourth-order valence-electron chi connectivity index (χ4n) is 2.98. The second-order valence-electron chi connectivity index (χ2n) is 6.93. The molecule has 1 atom stereocenters. The summed E-state index contributed by atoms with van der Waals surface area (Å²) in [5.74, 6) is 0. The van der Waals surface area contributed by atoms with Gasteiger partial charge in [-0.15, -0.1) is 0 Å². The van der Waals surface area contributed by atoms with Gasteiger partial charge in [0.25, 0.3) is 0 Å². The van der Waals surface area contributed by atoms with E-state index < -0.39 is 0 Å². The lowest BCUT2D eigenvalue weighted by atomic mass is 9.98. The maximum atomic E-state index is 6.11. The summed E-state index contributed by atoms with van der Waals surface area (Å²) in [6.07, 6.45) is 2.84. The van der Waals surface area contributed by atoms with Crippen LogP contribution < -0.4 is 10.6 Å². The fourth-order valence-corrected chi connectivity index (χ4v) is 2.98. The molecule has 1 aromatic rings. The van der Waals surface area contributed by atoms with Crippen molar-refractivity contribution in [3.05, 3.63) is 24.0 Å². The van der Waals surface area contributed by atoms with Crippen LogP contribution in [-0.4, -0.2) is 29.3 Å². The summed E-state index contributed by atoms with van der Waals surface area (Å²) in [5, 5.41) is 0. The second-order valence-corrected chi connectivity index (χ2v) is 6.93. The first-order valence-electron chi connectivity index (χ1n) is 7.39. The van der Waals surface area contributed by atoms with E-state index in [-0.39, 0.29) is 17.2 Å². The maximum absolute atomic E-state index is 6.11. The minimum Gasteiger partial charge on any atom is -0.366 e. The van der Waals surface area contributed by atoms with Gasteiger partial charge in [-0.1, -0.05) is 6.92 Å². The molecule has 1 fully saturated rings. The monoisotopic (exact) mass is 277 g/mol. The molecule has 4 nitrogen and oxygen atoms in total. The Balaban J connectivity index is 2.18. The molecule has 0 aliphatic carbocycles. The Morgan fingerprint density at radius 2 is 1.85 bits per heavy atom. The van der Waals surface area contributed by atoms with Gasteiger partial charge in [0.2, 0.25) is 0 Å². The summed E-state index contributed by atoms with van der Waals surface area (Å²) in [6.45, 7) is 12.4. The number of nitrogens with zero attached hydrogens (tertiary/aromatic N) is 2. The molecule has 0 unspecified atom stereocenters. The average Bonchev–Trinajstić information content (AvgIpc) is 2.34. The number of aromatic nitrogens is 1. The minimum absolute atomic E-state index is 0.0293. The van der Waals surface area contributed by atoms with Crippen molar-refractivity contribution >= 4 is 5.69 Å². The molecular formula is C16H27N3O. The molecule has 0 bridgehead atoms. The molecule has 0 radical (unpaired) electrons. The van der Waals surface area contributed by atoms with Crippen molar-refractivity contribution < 1.29 is 4.74 Å². The number of morpholine rings is 1. The quantitative estimate of drug-likeness (QED) is 0.923. The van der Waals surface area contributed by atoms with Crippen LogP contribution in [0.4, 0.5) is 5.69 Å². The van der Waals surface area contributed by atoms with Crippen molar-refractivity contribution in [3.8, 4) is 0 Å². The van der Waals surface area contributed by atoms with E-state index >= 15 is 0 Å². The van der Waals surface area contributed by atoms with E-state index in [0.29, 0.717) is 0 Å². The van der Waals surface area contributed by atoms with Gasteiger partial charge in [0.15, 0.2) is 0 Å². The number of hydrogen-bond donors (Lipinski definition) is 1. The molecule has 0 amide bonds. The summed E-state index contributed by atoms with van der Waals surface area (Å²) in [5.41, 5.74) is 7.81. The van der Waals surface area contributed by atoms with Crippen molar-refractivity contribution in [2.75, 3.05) is 18.0 Å². The summed E-state index contributed by atoms with van der Waals surface area (Å²) >= 11 is 0. The van der Waals surface area contributed by atoms with Gasteiger partial charge in [-0.3, -0.25) is 4.98 Å². The second kappa shape index (κ2) is 5.34. The highest BCUT2D eigenvalue weighted by Crippen LogP contribution is 2.31. The number of anilines is 1. The molecule has 0 spiro atoms. The van der Waals surface area contributed by atoms with Gasteiger partial charge in [-0.2, -0.15) is 0 Å². The lowest BCUT2D eigenvalue weighted by Crippen LogP contribution is -2.57. The topological polar surface area (TPSA) is 51.4 Å². The van der Waals surface area contributed by atoms with E-state index in [1.165, 1.54) is 0 Å². The van der Waals surface area contributed by atoms with Crippen LogP contribution in [0.3, 0.4) is 0 Å².